The molecule has 0 aliphatic rings. The van der Waals surface area contributed by atoms with Crippen molar-refractivity contribution in [2.24, 2.45) is 5.92 Å². The summed E-state index contributed by atoms with van der Waals surface area (Å²) in [7, 11) is 0. The van der Waals surface area contributed by atoms with E-state index in [0.29, 0.717) is 5.92 Å². The van der Waals surface area contributed by atoms with E-state index in [4.69, 9.17) is 0 Å². The molecular weight excluding hydrogens is 328 g/mol. The summed E-state index contributed by atoms with van der Waals surface area (Å²) in [5.74, 6) is 1.12. The molecule has 1 unspecified atom stereocenters. The minimum Gasteiger partial charge on any atom is -0.342 e. The third kappa shape index (κ3) is 6.46. The summed E-state index contributed by atoms with van der Waals surface area (Å²) in [6, 6.07) is 0.231. The average molecular weight is 369 g/mol. The third-order valence-corrected chi connectivity index (χ3v) is 5.23. The lowest BCUT2D eigenvalue weighted by Crippen LogP contribution is -2.36. The van der Waals surface area contributed by atoms with E-state index in [2.05, 4.69) is 98.0 Å². The van der Waals surface area contributed by atoms with Gasteiger partial charge in [0.2, 0.25) is 0 Å². The van der Waals surface area contributed by atoms with Gasteiger partial charge in [-0.15, -0.1) is 6.58 Å². The van der Waals surface area contributed by atoms with E-state index in [1.165, 1.54) is 11.1 Å². The van der Waals surface area contributed by atoms with Crippen LogP contribution in [-0.2, 0) is 0 Å². The standard InChI is InChI=1S/C25H40N2/c1-14-18(7)21(10)22(11)23(12)26-24(13)27(17(5)6)25(19(8)15-2)20(9)16(3)4/h14-15,17-18,26H,1,3,12-13H2,2,4-11H3/b19-15-,22-21+,25-20+. The van der Waals surface area contributed by atoms with Gasteiger partial charge in [-0.3, -0.25) is 0 Å². The molecule has 0 amide bonds. The molecule has 0 radical (unpaired) electrons. The van der Waals surface area contributed by atoms with Crippen LogP contribution in [0.5, 0.6) is 0 Å². The highest BCUT2D eigenvalue weighted by Crippen LogP contribution is 2.29. The van der Waals surface area contributed by atoms with Crippen molar-refractivity contribution < 1.29 is 0 Å². The predicted molar refractivity (Wildman–Crippen MR) is 123 cm³/mol. The van der Waals surface area contributed by atoms with Crippen LogP contribution in [-0.4, -0.2) is 10.9 Å². The molecule has 1 N–H and O–H groups in total. The van der Waals surface area contributed by atoms with Crippen LogP contribution in [0.1, 0.15) is 62.3 Å². The average Bonchev–Trinajstić information content (AvgIpc) is 2.61. The molecule has 0 aromatic carbocycles. The van der Waals surface area contributed by atoms with Gasteiger partial charge in [-0.25, -0.2) is 0 Å². The highest BCUT2D eigenvalue weighted by molar-refractivity contribution is 5.43. The molecule has 0 aromatic rings. The first-order valence-electron chi connectivity index (χ1n) is 9.64. The van der Waals surface area contributed by atoms with Crippen LogP contribution in [0, 0.1) is 5.92 Å². The first-order valence-corrected chi connectivity index (χ1v) is 9.64. The predicted octanol–water partition coefficient (Wildman–Crippen LogP) is 7.25. The summed E-state index contributed by atoms with van der Waals surface area (Å²) < 4.78 is 0. The molecule has 0 heterocycles. The van der Waals surface area contributed by atoms with Crippen LogP contribution in [0.4, 0.5) is 0 Å². The van der Waals surface area contributed by atoms with Crippen LogP contribution in [0.15, 0.2) is 83.5 Å². The van der Waals surface area contributed by atoms with E-state index < -0.39 is 0 Å². The van der Waals surface area contributed by atoms with Crippen molar-refractivity contribution in [2.75, 3.05) is 0 Å². The van der Waals surface area contributed by atoms with Gasteiger partial charge < -0.3 is 10.2 Å². The topological polar surface area (TPSA) is 15.3 Å². The number of rotatable bonds is 10. The van der Waals surface area contributed by atoms with E-state index in [1.54, 1.807) is 0 Å². The summed E-state index contributed by atoms with van der Waals surface area (Å²) in [6.07, 6.45) is 4.08. The highest BCUT2D eigenvalue weighted by atomic mass is 15.3. The minimum absolute atomic E-state index is 0.231. The van der Waals surface area contributed by atoms with Crippen LogP contribution in [0.2, 0.25) is 0 Å². The second-order valence-electron chi connectivity index (χ2n) is 7.57. The van der Waals surface area contributed by atoms with Crippen molar-refractivity contribution in [2.45, 2.75) is 68.4 Å². The zero-order valence-electron chi connectivity index (χ0n) is 19.1. The summed E-state index contributed by atoms with van der Waals surface area (Å²) in [5, 5.41) is 3.43. The minimum atomic E-state index is 0.231. The van der Waals surface area contributed by atoms with Crippen LogP contribution in [0.3, 0.4) is 0 Å². The van der Waals surface area contributed by atoms with Gasteiger partial charge in [0.15, 0.2) is 0 Å². The Labute approximate surface area is 168 Å². The van der Waals surface area contributed by atoms with Crippen molar-refractivity contribution in [3.05, 3.63) is 83.5 Å². The Hall–Kier alpha value is -2.22. The van der Waals surface area contributed by atoms with Crippen molar-refractivity contribution in [1.29, 1.82) is 0 Å². The van der Waals surface area contributed by atoms with E-state index in [-0.39, 0.29) is 6.04 Å². The van der Waals surface area contributed by atoms with Crippen molar-refractivity contribution in [1.82, 2.24) is 10.2 Å². The Balaban J connectivity index is 6.03. The molecule has 1 atom stereocenters. The SMILES string of the molecule is C=CC(C)/C(C)=C(\C)C(=C)NC(=C)N(C(/C(C)=C\C)=C(\C)C(=C)C)C(C)C. The molecule has 150 valence electrons. The van der Waals surface area contributed by atoms with E-state index in [0.717, 1.165) is 33.9 Å². The van der Waals surface area contributed by atoms with Gasteiger partial charge in [-0.05, 0) is 78.0 Å². The van der Waals surface area contributed by atoms with Crippen molar-refractivity contribution in [3.8, 4) is 0 Å². The lowest BCUT2D eigenvalue weighted by Gasteiger charge is -2.36. The normalized spacial score (nSPS) is 14.8. The number of nitrogens with zero attached hydrogens (tertiary/aromatic N) is 1. The summed E-state index contributed by atoms with van der Waals surface area (Å²) in [5.41, 5.74) is 7.81. The summed E-state index contributed by atoms with van der Waals surface area (Å²) in [6.45, 7) is 35.6. The molecule has 0 saturated heterocycles. The van der Waals surface area contributed by atoms with Gasteiger partial charge >= 0.3 is 0 Å². The second-order valence-corrected chi connectivity index (χ2v) is 7.57. The summed E-state index contributed by atoms with van der Waals surface area (Å²) in [4.78, 5) is 2.23. The molecule has 0 spiro atoms. The molecule has 0 rings (SSSR count). The maximum Gasteiger partial charge on any atom is 0.103 e. The summed E-state index contributed by atoms with van der Waals surface area (Å²) >= 11 is 0. The maximum absolute atomic E-state index is 4.32. The zero-order valence-corrected chi connectivity index (χ0v) is 19.1. The molecule has 0 aromatic heterocycles. The van der Waals surface area contributed by atoms with Gasteiger partial charge in [0.25, 0.3) is 0 Å². The van der Waals surface area contributed by atoms with E-state index >= 15 is 0 Å². The van der Waals surface area contributed by atoms with Crippen LogP contribution >= 0.6 is 0 Å². The Morgan fingerprint density at radius 3 is 1.81 bits per heavy atom. The Morgan fingerprint density at radius 2 is 1.44 bits per heavy atom. The van der Waals surface area contributed by atoms with E-state index in [9.17, 15) is 0 Å². The molecule has 0 aliphatic carbocycles. The number of allylic oxidation sites excluding steroid dienone is 7. The fourth-order valence-corrected chi connectivity index (χ4v) is 2.79. The second kappa shape index (κ2) is 10.8. The molecule has 0 fully saturated rings. The zero-order chi connectivity index (χ0) is 21.5. The molecule has 0 saturated carbocycles. The van der Waals surface area contributed by atoms with Gasteiger partial charge in [0.1, 0.15) is 5.82 Å². The molecule has 0 aliphatic heterocycles. The Kier molecular flexibility index (Phi) is 9.93. The Morgan fingerprint density at radius 1 is 0.926 bits per heavy atom. The highest BCUT2D eigenvalue weighted by Gasteiger charge is 2.21. The first-order chi connectivity index (χ1) is 12.4. The molecule has 2 heteroatoms. The number of hydrogen-bond acceptors (Lipinski definition) is 2. The van der Waals surface area contributed by atoms with Crippen molar-refractivity contribution in [3.63, 3.8) is 0 Å². The fourth-order valence-electron chi connectivity index (χ4n) is 2.79. The molecular formula is C25H40N2. The lowest BCUT2D eigenvalue weighted by molar-refractivity contribution is 0.340. The fraction of sp³-hybridized carbons (Fsp3) is 0.440. The van der Waals surface area contributed by atoms with Gasteiger partial charge in [0, 0.05) is 17.4 Å². The molecule has 2 nitrogen and oxygen atoms in total. The van der Waals surface area contributed by atoms with Gasteiger partial charge in [-0.1, -0.05) is 50.0 Å². The van der Waals surface area contributed by atoms with Gasteiger partial charge in [-0.2, -0.15) is 0 Å². The molecule has 27 heavy (non-hydrogen) atoms. The maximum atomic E-state index is 4.32. The van der Waals surface area contributed by atoms with Gasteiger partial charge in [0.05, 0.1) is 0 Å². The number of nitrogens with one attached hydrogen (secondary N) is 1. The largest absolute Gasteiger partial charge is 0.342 e. The van der Waals surface area contributed by atoms with Crippen LogP contribution in [0.25, 0.3) is 0 Å². The van der Waals surface area contributed by atoms with E-state index in [1.807, 2.05) is 13.0 Å². The molecule has 0 bridgehead atoms. The monoisotopic (exact) mass is 368 g/mol. The van der Waals surface area contributed by atoms with Crippen molar-refractivity contribution >= 4 is 0 Å². The lowest BCUT2D eigenvalue weighted by atomic mass is 9.96. The third-order valence-electron chi connectivity index (χ3n) is 5.23. The quantitative estimate of drug-likeness (QED) is 0.323. The first kappa shape index (κ1) is 24.8. The Bertz CT molecular complexity index is 696. The van der Waals surface area contributed by atoms with Crippen LogP contribution < -0.4 is 5.32 Å². The number of hydrogen-bond donors (Lipinski definition) is 1. The smallest absolute Gasteiger partial charge is 0.103 e.